The molecule has 31 heavy (non-hydrogen) atoms. The lowest BCUT2D eigenvalue weighted by atomic mass is 9.97. The molecule has 1 amide bonds. The summed E-state index contributed by atoms with van der Waals surface area (Å²) in [5.74, 6) is 0.0877. The largest absolute Gasteiger partial charge is 0.459 e. The number of nitrogens with one attached hydrogen (secondary N) is 1. The van der Waals surface area contributed by atoms with Gasteiger partial charge in [0.05, 0.1) is 12.3 Å². The van der Waals surface area contributed by atoms with Crippen LogP contribution in [0.3, 0.4) is 0 Å². The summed E-state index contributed by atoms with van der Waals surface area (Å²) in [4.78, 5) is 19.0. The van der Waals surface area contributed by atoms with Crippen LogP contribution in [0.1, 0.15) is 46.4 Å². The summed E-state index contributed by atoms with van der Waals surface area (Å²) < 4.78 is 5.30. The number of rotatable bonds is 7. The van der Waals surface area contributed by atoms with Crippen molar-refractivity contribution >= 4 is 33.8 Å². The van der Waals surface area contributed by atoms with Crippen LogP contribution in [0.4, 0.5) is 5.00 Å². The molecule has 5 nitrogen and oxygen atoms in total. The fraction of sp³-hybridized carbons (Fsp3) is 0.375. The number of hydrogen-bond donors (Lipinski definition) is 1. The topological polar surface area (TPSA) is 48.7 Å². The summed E-state index contributed by atoms with van der Waals surface area (Å²) in [6.45, 7) is 9.42. The maximum atomic E-state index is 12.8. The van der Waals surface area contributed by atoms with Crippen molar-refractivity contribution in [1.29, 1.82) is 0 Å². The number of hydrogen-bond acceptors (Lipinski definition) is 5. The van der Waals surface area contributed by atoms with Crippen LogP contribution in [0.2, 0.25) is 5.02 Å². The molecule has 0 bridgehead atoms. The zero-order valence-electron chi connectivity index (χ0n) is 17.9. The third-order valence-electron chi connectivity index (χ3n) is 5.81. The lowest BCUT2D eigenvalue weighted by molar-refractivity contribution is 0.0995. The standard InChI is InChI=1S/C24H28ClN3O2S/c1-3-19-16-20(24(31-19)26-23(29)21-9-6-14-30-21)22(17-7-5-8-18(25)15-17)28-12-10-27(4-2)11-13-28/h5-9,14-16,22H,3-4,10-13H2,1-2H3,(H,26,29). The number of nitrogens with zero attached hydrogens (tertiary/aromatic N) is 2. The Morgan fingerprint density at radius 3 is 2.61 bits per heavy atom. The SMILES string of the molecule is CCc1cc(C(c2cccc(Cl)c2)N2CCN(CC)CC2)c(NC(=O)c2ccco2)s1. The molecule has 1 atom stereocenters. The van der Waals surface area contributed by atoms with E-state index in [1.807, 2.05) is 18.2 Å². The second kappa shape index (κ2) is 10.0. The van der Waals surface area contributed by atoms with Crippen LogP contribution >= 0.6 is 22.9 Å². The van der Waals surface area contributed by atoms with E-state index in [0.29, 0.717) is 5.76 Å². The molecule has 0 radical (unpaired) electrons. The van der Waals surface area contributed by atoms with Gasteiger partial charge in [0.25, 0.3) is 5.91 Å². The first kappa shape index (κ1) is 22.1. The summed E-state index contributed by atoms with van der Waals surface area (Å²) in [7, 11) is 0. The van der Waals surface area contributed by atoms with Gasteiger partial charge in [0.2, 0.25) is 0 Å². The second-order valence-electron chi connectivity index (χ2n) is 7.71. The highest BCUT2D eigenvalue weighted by molar-refractivity contribution is 7.16. The van der Waals surface area contributed by atoms with Gasteiger partial charge in [-0.1, -0.05) is 37.6 Å². The zero-order chi connectivity index (χ0) is 21.8. The summed E-state index contributed by atoms with van der Waals surface area (Å²) in [6.07, 6.45) is 2.43. The van der Waals surface area contributed by atoms with Crippen LogP contribution in [-0.4, -0.2) is 48.4 Å². The van der Waals surface area contributed by atoms with E-state index in [1.54, 1.807) is 23.5 Å². The van der Waals surface area contributed by atoms with Crippen LogP contribution in [0, 0.1) is 0 Å². The number of carbonyl (C=O) groups excluding carboxylic acids is 1. The Balaban J connectivity index is 1.72. The number of halogens is 1. The van der Waals surface area contributed by atoms with Crippen molar-refractivity contribution in [2.75, 3.05) is 38.0 Å². The molecule has 3 aromatic rings. The number of carbonyl (C=O) groups is 1. The fourth-order valence-electron chi connectivity index (χ4n) is 4.11. The average molecular weight is 458 g/mol. The Bertz CT molecular complexity index is 1010. The molecular formula is C24H28ClN3O2S. The maximum Gasteiger partial charge on any atom is 0.291 e. The van der Waals surface area contributed by atoms with Crippen LogP contribution in [-0.2, 0) is 6.42 Å². The van der Waals surface area contributed by atoms with Gasteiger partial charge in [0.15, 0.2) is 5.76 Å². The number of furan rings is 1. The average Bonchev–Trinajstić information content (AvgIpc) is 3.45. The first-order chi connectivity index (χ1) is 15.1. The van der Waals surface area contributed by atoms with Gasteiger partial charge in [-0.05, 0) is 48.9 Å². The van der Waals surface area contributed by atoms with E-state index in [4.69, 9.17) is 16.0 Å². The van der Waals surface area contributed by atoms with E-state index in [-0.39, 0.29) is 11.9 Å². The number of amides is 1. The highest BCUT2D eigenvalue weighted by atomic mass is 35.5. The maximum absolute atomic E-state index is 12.8. The normalized spacial score (nSPS) is 16.4. The smallest absolute Gasteiger partial charge is 0.291 e. The lowest BCUT2D eigenvalue weighted by Crippen LogP contribution is -2.47. The van der Waals surface area contributed by atoms with Crippen LogP contribution in [0.5, 0.6) is 0 Å². The molecule has 164 valence electrons. The molecule has 3 heterocycles. The highest BCUT2D eigenvalue weighted by Crippen LogP contribution is 2.40. The number of thiophene rings is 1. The minimum absolute atomic E-state index is 0.0288. The van der Waals surface area contributed by atoms with E-state index >= 15 is 0 Å². The van der Waals surface area contributed by atoms with Gasteiger partial charge in [-0.2, -0.15) is 0 Å². The Morgan fingerprint density at radius 1 is 1.16 bits per heavy atom. The van der Waals surface area contributed by atoms with Gasteiger partial charge in [-0.3, -0.25) is 9.69 Å². The summed E-state index contributed by atoms with van der Waals surface area (Å²) in [5.41, 5.74) is 2.26. The first-order valence-electron chi connectivity index (χ1n) is 10.8. The minimum Gasteiger partial charge on any atom is -0.459 e. The van der Waals surface area contributed by atoms with E-state index < -0.39 is 0 Å². The quantitative estimate of drug-likeness (QED) is 0.506. The van der Waals surface area contributed by atoms with E-state index in [0.717, 1.165) is 60.3 Å². The molecule has 1 saturated heterocycles. The predicted molar refractivity (Wildman–Crippen MR) is 127 cm³/mol. The van der Waals surface area contributed by atoms with Crippen LogP contribution in [0.15, 0.2) is 53.1 Å². The molecule has 4 rings (SSSR count). The third-order valence-corrected chi connectivity index (χ3v) is 7.26. The fourth-order valence-corrected chi connectivity index (χ4v) is 5.33. The van der Waals surface area contributed by atoms with Crippen molar-refractivity contribution in [2.45, 2.75) is 26.3 Å². The van der Waals surface area contributed by atoms with Crippen molar-refractivity contribution in [2.24, 2.45) is 0 Å². The molecule has 0 aliphatic carbocycles. The minimum atomic E-state index is -0.226. The predicted octanol–water partition coefficient (Wildman–Crippen LogP) is 5.54. The molecule has 1 aliphatic rings. The van der Waals surface area contributed by atoms with Gasteiger partial charge in [-0.25, -0.2) is 0 Å². The molecule has 1 aromatic carbocycles. The highest BCUT2D eigenvalue weighted by Gasteiger charge is 2.30. The molecule has 0 saturated carbocycles. The van der Waals surface area contributed by atoms with E-state index in [9.17, 15) is 4.79 Å². The summed E-state index contributed by atoms with van der Waals surface area (Å²) >= 11 is 8.02. The molecule has 2 aromatic heterocycles. The Hall–Kier alpha value is -2.12. The summed E-state index contributed by atoms with van der Waals surface area (Å²) in [6, 6.07) is 13.7. The molecule has 7 heteroatoms. The molecule has 1 N–H and O–H groups in total. The number of anilines is 1. The van der Waals surface area contributed by atoms with Gasteiger partial charge in [0, 0.05) is 41.6 Å². The molecular weight excluding hydrogens is 430 g/mol. The van der Waals surface area contributed by atoms with Crippen LogP contribution < -0.4 is 5.32 Å². The van der Waals surface area contributed by atoms with Crippen molar-refractivity contribution < 1.29 is 9.21 Å². The molecule has 1 unspecified atom stereocenters. The van der Waals surface area contributed by atoms with E-state index in [1.165, 1.54) is 11.1 Å². The van der Waals surface area contributed by atoms with Gasteiger partial charge in [0.1, 0.15) is 5.00 Å². The molecule has 0 spiro atoms. The monoisotopic (exact) mass is 457 g/mol. The van der Waals surface area contributed by atoms with Gasteiger partial charge >= 0.3 is 0 Å². The number of aryl methyl sites for hydroxylation is 1. The van der Waals surface area contributed by atoms with Gasteiger partial charge < -0.3 is 14.6 Å². The Morgan fingerprint density at radius 2 is 1.97 bits per heavy atom. The van der Waals surface area contributed by atoms with Gasteiger partial charge in [-0.15, -0.1) is 11.3 Å². The summed E-state index contributed by atoms with van der Waals surface area (Å²) in [5, 5.41) is 4.71. The lowest BCUT2D eigenvalue weighted by Gasteiger charge is -2.39. The Labute approximate surface area is 192 Å². The number of piperazine rings is 1. The third kappa shape index (κ3) is 5.04. The zero-order valence-corrected chi connectivity index (χ0v) is 19.5. The molecule has 1 aliphatic heterocycles. The molecule has 1 fully saturated rings. The first-order valence-corrected chi connectivity index (χ1v) is 12.0. The number of likely N-dealkylation sites (N-methyl/N-ethyl adjacent to an activating group) is 1. The second-order valence-corrected chi connectivity index (χ2v) is 9.28. The van der Waals surface area contributed by atoms with Crippen molar-refractivity contribution in [3.8, 4) is 0 Å². The van der Waals surface area contributed by atoms with Crippen molar-refractivity contribution in [3.05, 3.63) is 75.5 Å². The van der Waals surface area contributed by atoms with Crippen LogP contribution in [0.25, 0.3) is 0 Å². The Kier molecular flexibility index (Phi) is 7.13. The van der Waals surface area contributed by atoms with Crippen molar-refractivity contribution in [1.82, 2.24) is 9.80 Å². The number of benzene rings is 1. The van der Waals surface area contributed by atoms with E-state index in [2.05, 4.69) is 41.1 Å². The van der Waals surface area contributed by atoms with Crippen molar-refractivity contribution in [3.63, 3.8) is 0 Å².